The maximum Gasteiger partial charge on any atom is 0.325 e. The summed E-state index contributed by atoms with van der Waals surface area (Å²) in [6.07, 6.45) is 0. The summed E-state index contributed by atoms with van der Waals surface area (Å²) in [5, 5.41) is 13.6. The Morgan fingerprint density at radius 2 is 1.66 bits per heavy atom. The predicted molar refractivity (Wildman–Crippen MR) is 117 cm³/mol. The summed E-state index contributed by atoms with van der Waals surface area (Å²) in [6.45, 7) is 2.08. The van der Waals surface area contributed by atoms with E-state index in [1.54, 1.807) is 13.0 Å². The average molecular weight is 431 g/mol. The second kappa shape index (κ2) is 8.50. The van der Waals surface area contributed by atoms with Crippen LogP contribution in [0.5, 0.6) is 5.75 Å². The van der Waals surface area contributed by atoms with Gasteiger partial charge in [-0.1, -0.05) is 42.5 Å². The molecule has 0 radical (unpaired) electrons. The van der Waals surface area contributed by atoms with E-state index in [4.69, 9.17) is 4.74 Å². The summed E-state index contributed by atoms with van der Waals surface area (Å²) in [6, 6.07) is 22.1. The summed E-state index contributed by atoms with van der Waals surface area (Å²) >= 11 is 0. The van der Waals surface area contributed by atoms with Crippen molar-refractivity contribution < 1.29 is 19.2 Å². The largest absolute Gasteiger partial charge is 0.489 e. The van der Waals surface area contributed by atoms with E-state index < -0.39 is 22.4 Å². The molecule has 0 saturated carbocycles. The van der Waals surface area contributed by atoms with Gasteiger partial charge in [0.15, 0.2) is 0 Å². The number of nitro groups is 1. The van der Waals surface area contributed by atoms with Crippen LogP contribution in [0.4, 0.5) is 10.5 Å². The van der Waals surface area contributed by atoms with Crippen molar-refractivity contribution in [1.82, 2.24) is 10.2 Å². The number of hydrogen-bond acceptors (Lipinski definition) is 5. The van der Waals surface area contributed by atoms with Gasteiger partial charge in [-0.3, -0.25) is 19.8 Å². The third-order valence-corrected chi connectivity index (χ3v) is 5.42. The smallest absolute Gasteiger partial charge is 0.325 e. The van der Waals surface area contributed by atoms with Crippen LogP contribution in [0, 0.1) is 10.1 Å². The fourth-order valence-electron chi connectivity index (χ4n) is 3.61. The minimum absolute atomic E-state index is 0.0791. The van der Waals surface area contributed by atoms with Crippen molar-refractivity contribution in [2.45, 2.75) is 25.6 Å². The molecule has 3 aromatic carbocycles. The van der Waals surface area contributed by atoms with E-state index in [2.05, 4.69) is 5.32 Å². The average Bonchev–Trinajstić information content (AvgIpc) is 3.02. The first-order valence-electron chi connectivity index (χ1n) is 10.0. The quantitative estimate of drug-likeness (QED) is 0.344. The molecule has 1 aliphatic rings. The number of nitrogens with one attached hydrogen (secondary N) is 1. The van der Waals surface area contributed by atoms with Gasteiger partial charge in [0.05, 0.1) is 11.5 Å². The zero-order valence-corrected chi connectivity index (χ0v) is 17.4. The molecule has 1 heterocycles. The Morgan fingerprint density at radius 1 is 0.969 bits per heavy atom. The molecule has 1 atom stereocenters. The maximum atomic E-state index is 13.1. The van der Waals surface area contributed by atoms with Crippen LogP contribution < -0.4 is 10.1 Å². The molecule has 1 fully saturated rings. The molecule has 3 amide bonds. The Balaban J connectivity index is 1.48. The molecular formula is C24H21N3O5. The number of urea groups is 1. The van der Waals surface area contributed by atoms with Crippen molar-refractivity contribution in [3.63, 3.8) is 0 Å². The van der Waals surface area contributed by atoms with Crippen LogP contribution in [0.1, 0.15) is 23.6 Å². The van der Waals surface area contributed by atoms with Crippen molar-refractivity contribution in [3.05, 3.63) is 106 Å². The van der Waals surface area contributed by atoms with Crippen LogP contribution in [0.25, 0.3) is 0 Å². The highest BCUT2D eigenvalue weighted by Crippen LogP contribution is 2.31. The van der Waals surface area contributed by atoms with Gasteiger partial charge in [-0.15, -0.1) is 0 Å². The summed E-state index contributed by atoms with van der Waals surface area (Å²) < 4.78 is 5.83. The van der Waals surface area contributed by atoms with E-state index in [1.165, 1.54) is 24.3 Å². The van der Waals surface area contributed by atoms with Gasteiger partial charge < -0.3 is 10.1 Å². The standard InChI is InChI=1S/C24H21N3O5/c1-24(19-10-12-20(13-11-19)27(30)31)22(28)26(23(29)25-24)15-18-8-5-9-21(14-18)32-16-17-6-3-2-4-7-17/h2-14H,15-16H2,1H3,(H,25,29). The van der Waals surface area contributed by atoms with E-state index >= 15 is 0 Å². The van der Waals surface area contributed by atoms with Gasteiger partial charge in [-0.2, -0.15) is 0 Å². The van der Waals surface area contributed by atoms with E-state index in [0.717, 1.165) is 16.0 Å². The Morgan fingerprint density at radius 3 is 2.34 bits per heavy atom. The van der Waals surface area contributed by atoms with Crippen molar-refractivity contribution in [1.29, 1.82) is 0 Å². The zero-order chi connectivity index (χ0) is 22.7. The minimum Gasteiger partial charge on any atom is -0.489 e. The third kappa shape index (κ3) is 4.15. The summed E-state index contributed by atoms with van der Waals surface area (Å²) in [7, 11) is 0. The van der Waals surface area contributed by atoms with Crippen molar-refractivity contribution in [3.8, 4) is 5.75 Å². The summed E-state index contributed by atoms with van der Waals surface area (Å²) in [4.78, 5) is 37.3. The lowest BCUT2D eigenvalue weighted by Crippen LogP contribution is -2.40. The number of ether oxygens (including phenoxy) is 1. The molecule has 1 saturated heterocycles. The number of carbonyl (C=O) groups is 2. The lowest BCUT2D eigenvalue weighted by molar-refractivity contribution is -0.384. The number of amides is 3. The van der Waals surface area contributed by atoms with Gasteiger partial charge in [0.25, 0.3) is 11.6 Å². The molecular weight excluding hydrogens is 410 g/mol. The van der Waals surface area contributed by atoms with Crippen LogP contribution in [0.15, 0.2) is 78.9 Å². The zero-order valence-electron chi connectivity index (χ0n) is 17.4. The number of imide groups is 1. The molecule has 8 nitrogen and oxygen atoms in total. The summed E-state index contributed by atoms with van der Waals surface area (Å²) in [5.74, 6) is 0.212. The van der Waals surface area contributed by atoms with Gasteiger partial charge >= 0.3 is 6.03 Å². The lowest BCUT2D eigenvalue weighted by Gasteiger charge is -2.22. The highest BCUT2D eigenvalue weighted by molar-refractivity contribution is 6.07. The van der Waals surface area contributed by atoms with Crippen LogP contribution in [0.3, 0.4) is 0 Å². The molecule has 8 heteroatoms. The maximum absolute atomic E-state index is 13.1. The lowest BCUT2D eigenvalue weighted by atomic mass is 9.92. The number of rotatable bonds is 7. The Labute approximate surface area is 184 Å². The molecule has 0 spiro atoms. The summed E-state index contributed by atoms with van der Waals surface area (Å²) in [5.41, 5.74) is 0.869. The van der Waals surface area contributed by atoms with Gasteiger partial charge in [-0.05, 0) is 47.9 Å². The SMILES string of the molecule is CC1(c2ccc([N+](=O)[O-])cc2)NC(=O)N(Cc2cccc(OCc3ccccc3)c2)C1=O. The van der Waals surface area contributed by atoms with E-state index in [0.29, 0.717) is 17.9 Å². The Bertz CT molecular complexity index is 1160. The van der Waals surface area contributed by atoms with Crippen molar-refractivity contribution in [2.24, 2.45) is 0 Å². The topological polar surface area (TPSA) is 102 Å². The molecule has 0 aliphatic carbocycles. The predicted octanol–water partition coefficient (Wildman–Crippen LogP) is 4.14. The Hall–Kier alpha value is -4.20. The molecule has 1 aliphatic heterocycles. The molecule has 0 aromatic heterocycles. The number of benzene rings is 3. The number of non-ortho nitro benzene ring substituents is 1. The van der Waals surface area contributed by atoms with Crippen LogP contribution >= 0.6 is 0 Å². The van der Waals surface area contributed by atoms with Crippen molar-refractivity contribution >= 4 is 17.6 Å². The number of nitrogens with zero attached hydrogens (tertiary/aromatic N) is 2. The molecule has 3 aromatic rings. The monoisotopic (exact) mass is 431 g/mol. The second-order valence-electron chi connectivity index (χ2n) is 7.67. The van der Waals surface area contributed by atoms with Crippen LogP contribution in [0.2, 0.25) is 0 Å². The van der Waals surface area contributed by atoms with E-state index in [1.807, 2.05) is 48.5 Å². The van der Waals surface area contributed by atoms with E-state index in [9.17, 15) is 19.7 Å². The normalized spacial score (nSPS) is 17.8. The molecule has 32 heavy (non-hydrogen) atoms. The minimum atomic E-state index is -1.30. The molecule has 1 N–H and O–H groups in total. The van der Waals surface area contributed by atoms with Crippen LogP contribution in [-0.4, -0.2) is 21.8 Å². The Kier molecular flexibility index (Phi) is 5.59. The van der Waals surface area contributed by atoms with Gasteiger partial charge in [0.2, 0.25) is 0 Å². The second-order valence-corrected chi connectivity index (χ2v) is 7.67. The molecule has 0 bridgehead atoms. The van der Waals surface area contributed by atoms with E-state index in [-0.39, 0.29) is 12.2 Å². The number of carbonyl (C=O) groups excluding carboxylic acids is 2. The molecule has 1 unspecified atom stereocenters. The number of nitro benzene ring substituents is 1. The highest BCUT2D eigenvalue weighted by atomic mass is 16.6. The highest BCUT2D eigenvalue weighted by Gasteiger charge is 2.49. The van der Waals surface area contributed by atoms with Crippen LogP contribution in [-0.2, 0) is 23.5 Å². The first-order chi connectivity index (χ1) is 15.4. The number of hydrogen-bond donors (Lipinski definition) is 1. The molecule has 4 rings (SSSR count). The van der Waals surface area contributed by atoms with Gasteiger partial charge in [0.1, 0.15) is 17.9 Å². The fourth-order valence-corrected chi connectivity index (χ4v) is 3.61. The fraction of sp³-hybridized carbons (Fsp3) is 0.167. The third-order valence-electron chi connectivity index (χ3n) is 5.42. The first kappa shape index (κ1) is 21.0. The van der Waals surface area contributed by atoms with Crippen molar-refractivity contribution in [2.75, 3.05) is 0 Å². The van der Waals surface area contributed by atoms with Gasteiger partial charge in [-0.25, -0.2) is 4.79 Å². The van der Waals surface area contributed by atoms with Gasteiger partial charge in [0, 0.05) is 12.1 Å². The first-order valence-corrected chi connectivity index (χ1v) is 10.0. The molecule has 162 valence electrons.